The first kappa shape index (κ1) is 14.1. The molecule has 2 N–H and O–H groups in total. The van der Waals surface area contributed by atoms with Crippen molar-refractivity contribution in [3.05, 3.63) is 70.0 Å². The lowest BCUT2D eigenvalue weighted by Gasteiger charge is -2.11. The van der Waals surface area contributed by atoms with Gasteiger partial charge in [-0.2, -0.15) is 0 Å². The number of hydrogen-bond acceptors (Lipinski definition) is 5. The zero-order chi connectivity index (χ0) is 14.4. The number of nitro benzene ring substituents is 1. The van der Waals surface area contributed by atoms with E-state index in [0.717, 1.165) is 11.1 Å². The van der Waals surface area contributed by atoms with Crippen LogP contribution in [0.5, 0.6) is 0 Å². The zero-order valence-electron chi connectivity index (χ0n) is 10.8. The average molecular weight is 273 g/mol. The van der Waals surface area contributed by atoms with Gasteiger partial charge in [0.25, 0.3) is 5.69 Å². The Labute approximate surface area is 116 Å². The summed E-state index contributed by atoms with van der Waals surface area (Å²) in [5.41, 5.74) is 1.66. The summed E-state index contributed by atoms with van der Waals surface area (Å²) in [6, 6.07) is 9.92. The van der Waals surface area contributed by atoms with Gasteiger partial charge in [0.1, 0.15) is 0 Å². The van der Waals surface area contributed by atoms with Crippen molar-refractivity contribution in [2.75, 3.05) is 6.54 Å². The van der Waals surface area contributed by atoms with Crippen molar-refractivity contribution < 1.29 is 10.0 Å². The fourth-order valence-electron chi connectivity index (χ4n) is 1.84. The highest BCUT2D eigenvalue weighted by Gasteiger charge is 2.08. The molecule has 6 nitrogen and oxygen atoms in total. The van der Waals surface area contributed by atoms with Crippen molar-refractivity contribution in [3.8, 4) is 0 Å². The van der Waals surface area contributed by atoms with Gasteiger partial charge in [-0.15, -0.1) is 0 Å². The number of rotatable bonds is 6. The summed E-state index contributed by atoms with van der Waals surface area (Å²) >= 11 is 0. The lowest BCUT2D eigenvalue weighted by molar-refractivity contribution is -0.384. The van der Waals surface area contributed by atoms with E-state index in [-0.39, 0.29) is 5.69 Å². The van der Waals surface area contributed by atoms with Gasteiger partial charge >= 0.3 is 0 Å². The number of nitrogens with zero attached hydrogens (tertiary/aromatic N) is 2. The fraction of sp³-hybridized carbons (Fsp3) is 0.214. The number of aliphatic hydroxyl groups is 1. The SMILES string of the molecule is O=[N+]([O-])c1cccc(CNCC(O)c2ccncc2)c1. The van der Waals surface area contributed by atoms with Crippen LogP contribution >= 0.6 is 0 Å². The molecular formula is C14H15N3O3. The molecule has 0 aliphatic heterocycles. The molecule has 2 aromatic rings. The predicted octanol–water partition coefficient (Wildman–Crippen LogP) is 1.81. The summed E-state index contributed by atoms with van der Waals surface area (Å²) in [5, 5.41) is 23.7. The molecule has 0 spiro atoms. The lowest BCUT2D eigenvalue weighted by Crippen LogP contribution is -2.21. The molecule has 1 aromatic carbocycles. The maximum Gasteiger partial charge on any atom is 0.269 e. The van der Waals surface area contributed by atoms with Crippen molar-refractivity contribution in [1.29, 1.82) is 0 Å². The number of benzene rings is 1. The molecule has 1 unspecified atom stereocenters. The highest BCUT2D eigenvalue weighted by Crippen LogP contribution is 2.13. The molecule has 0 radical (unpaired) electrons. The summed E-state index contributed by atoms with van der Waals surface area (Å²) < 4.78 is 0. The van der Waals surface area contributed by atoms with Gasteiger partial charge in [0.15, 0.2) is 0 Å². The number of hydrogen-bond donors (Lipinski definition) is 2. The first-order valence-corrected chi connectivity index (χ1v) is 6.19. The van der Waals surface area contributed by atoms with Gasteiger partial charge in [-0.3, -0.25) is 15.1 Å². The average Bonchev–Trinajstić information content (AvgIpc) is 2.48. The van der Waals surface area contributed by atoms with E-state index < -0.39 is 11.0 Å². The van der Waals surface area contributed by atoms with Crippen LogP contribution in [0.15, 0.2) is 48.8 Å². The van der Waals surface area contributed by atoms with Crippen molar-refractivity contribution in [2.24, 2.45) is 0 Å². The van der Waals surface area contributed by atoms with E-state index in [1.54, 1.807) is 36.7 Å². The topological polar surface area (TPSA) is 88.3 Å². The first-order valence-electron chi connectivity index (χ1n) is 6.19. The Morgan fingerprint density at radius 3 is 2.75 bits per heavy atom. The van der Waals surface area contributed by atoms with Crippen LogP contribution in [-0.4, -0.2) is 21.6 Å². The third-order valence-electron chi connectivity index (χ3n) is 2.88. The number of aromatic nitrogens is 1. The van der Waals surface area contributed by atoms with Gasteiger partial charge in [0, 0.05) is 37.6 Å². The number of pyridine rings is 1. The summed E-state index contributed by atoms with van der Waals surface area (Å²) in [5.74, 6) is 0. The Kier molecular flexibility index (Phi) is 4.75. The van der Waals surface area contributed by atoms with Crippen LogP contribution in [0.25, 0.3) is 0 Å². The van der Waals surface area contributed by atoms with Gasteiger partial charge in [-0.05, 0) is 23.3 Å². The second-order valence-electron chi connectivity index (χ2n) is 4.35. The molecule has 20 heavy (non-hydrogen) atoms. The minimum absolute atomic E-state index is 0.0685. The second-order valence-corrected chi connectivity index (χ2v) is 4.35. The van der Waals surface area contributed by atoms with Gasteiger partial charge < -0.3 is 10.4 Å². The normalized spacial score (nSPS) is 12.1. The number of non-ortho nitro benzene ring substituents is 1. The van der Waals surface area contributed by atoms with Crippen molar-refractivity contribution >= 4 is 5.69 Å². The van der Waals surface area contributed by atoms with Crippen LogP contribution < -0.4 is 5.32 Å². The molecule has 0 aliphatic carbocycles. The Bertz CT molecular complexity index is 575. The van der Waals surface area contributed by atoms with E-state index in [9.17, 15) is 15.2 Å². The van der Waals surface area contributed by atoms with Crippen molar-refractivity contribution in [1.82, 2.24) is 10.3 Å². The van der Waals surface area contributed by atoms with Gasteiger partial charge in [0.05, 0.1) is 11.0 Å². The highest BCUT2D eigenvalue weighted by atomic mass is 16.6. The van der Waals surface area contributed by atoms with E-state index in [1.165, 1.54) is 12.1 Å². The maximum absolute atomic E-state index is 10.7. The van der Waals surface area contributed by atoms with Crippen LogP contribution in [0.2, 0.25) is 0 Å². The van der Waals surface area contributed by atoms with Crippen LogP contribution in [0.4, 0.5) is 5.69 Å². The van der Waals surface area contributed by atoms with E-state index in [0.29, 0.717) is 13.1 Å². The second kappa shape index (κ2) is 6.74. The molecule has 0 amide bonds. The third kappa shape index (κ3) is 3.84. The highest BCUT2D eigenvalue weighted by molar-refractivity contribution is 5.34. The lowest BCUT2D eigenvalue weighted by atomic mass is 10.1. The summed E-state index contributed by atoms with van der Waals surface area (Å²) in [4.78, 5) is 14.1. The number of aliphatic hydroxyl groups excluding tert-OH is 1. The van der Waals surface area contributed by atoms with E-state index in [1.807, 2.05) is 0 Å². The standard InChI is InChI=1S/C14H15N3O3/c18-14(12-4-6-15-7-5-12)10-16-9-11-2-1-3-13(8-11)17(19)20/h1-8,14,16,18H,9-10H2. The minimum atomic E-state index is -0.628. The zero-order valence-corrected chi connectivity index (χ0v) is 10.8. The van der Waals surface area contributed by atoms with Gasteiger partial charge in [-0.25, -0.2) is 0 Å². The monoisotopic (exact) mass is 273 g/mol. The molecule has 0 aliphatic rings. The Morgan fingerprint density at radius 2 is 2.05 bits per heavy atom. The van der Waals surface area contributed by atoms with Crippen molar-refractivity contribution in [3.63, 3.8) is 0 Å². The molecule has 0 bridgehead atoms. The molecule has 0 saturated carbocycles. The molecule has 1 heterocycles. The van der Waals surface area contributed by atoms with E-state index in [2.05, 4.69) is 10.3 Å². The van der Waals surface area contributed by atoms with Gasteiger partial charge in [-0.1, -0.05) is 12.1 Å². The molecule has 1 aromatic heterocycles. The van der Waals surface area contributed by atoms with Crippen LogP contribution in [0.3, 0.4) is 0 Å². The summed E-state index contributed by atoms with van der Waals surface area (Å²) in [6.07, 6.45) is 2.62. The smallest absolute Gasteiger partial charge is 0.269 e. The quantitative estimate of drug-likeness (QED) is 0.619. The molecule has 104 valence electrons. The number of nitrogens with one attached hydrogen (secondary N) is 1. The molecule has 0 saturated heterocycles. The van der Waals surface area contributed by atoms with Crippen LogP contribution in [0, 0.1) is 10.1 Å². The third-order valence-corrected chi connectivity index (χ3v) is 2.88. The van der Waals surface area contributed by atoms with Gasteiger partial charge in [0.2, 0.25) is 0 Å². The Balaban J connectivity index is 1.87. The molecule has 1 atom stereocenters. The largest absolute Gasteiger partial charge is 0.387 e. The molecular weight excluding hydrogens is 258 g/mol. The molecule has 0 fully saturated rings. The number of nitro groups is 1. The first-order chi connectivity index (χ1) is 9.66. The minimum Gasteiger partial charge on any atom is -0.387 e. The predicted molar refractivity (Wildman–Crippen MR) is 74.0 cm³/mol. The molecule has 2 rings (SSSR count). The van der Waals surface area contributed by atoms with E-state index in [4.69, 9.17) is 0 Å². The Hall–Kier alpha value is -2.31. The fourth-order valence-corrected chi connectivity index (χ4v) is 1.84. The van der Waals surface area contributed by atoms with Crippen molar-refractivity contribution in [2.45, 2.75) is 12.6 Å². The van der Waals surface area contributed by atoms with Crippen LogP contribution in [0.1, 0.15) is 17.2 Å². The Morgan fingerprint density at radius 1 is 1.30 bits per heavy atom. The summed E-state index contributed by atoms with van der Waals surface area (Å²) in [6.45, 7) is 0.830. The van der Waals surface area contributed by atoms with Crippen LogP contribution in [-0.2, 0) is 6.54 Å². The molecule has 6 heteroatoms. The van der Waals surface area contributed by atoms with E-state index >= 15 is 0 Å². The summed E-state index contributed by atoms with van der Waals surface area (Å²) in [7, 11) is 0. The maximum atomic E-state index is 10.7.